The zero-order valence-corrected chi connectivity index (χ0v) is 14.7. The third kappa shape index (κ3) is 3.21. The van der Waals surface area contributed by atoms with E-state index in [2.05, 4.69) is 10.3 Å². The molecule has 0 fully saturated rings. The molecular weight excluding hydrogens is 356 g/mol. The lowest BCUT2D eigenvalue weighted by Crippen LogP contribution is -2.41. The monoisotopic (exact) mass is 372 g/mol. The summed E-state index contributed by atoms with van der Waals surface area (Å²) in [6.07, 6.45) is 5.44. The van der Waals surface area contributed by atoms with Gasteiger partial charge in [-0.1, -0.05) is 48.6 Å². The molecule has 0 saturated carbocycles. The van der Waals surface area contributed by atoms with E-state index in [9.17, 15) is 14.4 Å². The molecule has 26 heavy (non-hydrogen) atoms. The van der Waals surface area contributed by atoms with Gasteiger partial charge in [-0.05, 0) is 17.6 Å². The maximum absolute atomic E-state index is 12.6. The molecule has 4 N–H and O–H groups in total. The molecule has 2 aromatic rings. The van der Waals surface area contributed by atoms with Gasteiger partial charge in [0.15, 0.2) is 0 Å². The van der Waals surface area contributed by atoms with Gasteiger partial charge in [-0.3, -0.25) is 19.1 Å². The van der Waals surface area contributed by atoms with Crippen LogP contribution in [-0.2, 0) is 11.8 Å². The van der Waals surface area contributed by atoms with Crippen molar-refractivity contribution < 1.29 is 4.79 Å². The van der Waals surface area contributed by atoms with E-state index < -0.39 is 22.0 Å². The number of nitrogens with one attached hydrogen (secondary N) is 2. The Morgan fingerprint density at radius 2 is 2.00 bits per heavy atom. The average Bonchev–Trinajstić information content (AvgIpc) is 2.64. The van der Waals surface area contributed by atoms with E-state index >= 15 is 0 Å². The highest BCUT2D eigenvalue weighted by Gasteiger charge is 2.35. The number of rotatable bonds is 3. The van der Waals surface area contributed by atoms with Crippen molar-refractivity contribution in [2.24, 2.45) is 7.05 Å². The first-order valence-corrected chi connectivity index (χ1v) is 8.23. The predicted molar refractivity (Wildman–Crippen MR) is 102 cm³/mol. The van der Waals surface area contributed by atoms with E-state index in [4.69, 9.17) is 17.3 Å². The number of amides is 1. The molecule has 0 unspecified atom stereocenters. The minimum absolute atomic E-state index is 0.205. The molecule has 1 aromatic heterocycles. The second-order valence-corrected chi connectivity index (χ2v) is 6.64. The van der Waals surface area contributed by atoms with Gasteiger partial charge in [0.2, 0.25) is 5.91 Å². The predicted octanol–water partition coefficient (Wildman–Crippen LogP) is 1.62. The van der Waals surface area contributed by atoms with E-state index in [0.717, 1.165) is 15.7 Å². The summed E-state index contributed by atoms with van der Waals surface area (Å²) in [4.78, 5) is 37.2. The lowest BCUT2D eigenvalue weighted by molar-refractivity contribution is -0.117. The largest absolute Gasteiger partial charge is 0.383 e. The molecule has 1 heterocycles. The molecule has 0 radical (unpaired) electrons. The van der Waals surface area contributed by atoms with Crippen molar-refractivity contribution in [1.82, 2.24) is 9.55 Å². The van der Waals surface area contributed by atoms with E-state index in [0.29, 0.717) is 0 Å². The first-order valence-electron chi connectivity index (χ1n) is 7.86. The first-order chi connectivity index (χ1) is 12.3. The highest BCUT2D eigenvalue weighted by Crippen LogP contribution is 2.32. The van der Waals surface area contributed by atoms with Crippen LogP contribution >= 0.6 is 11.6 Å². The van der Waals surface area contributed by atoms with Crippen LogP contribution in [0, 0.1) is 0 Å². The number of anilines is 2. The standard InChI is InChI=1S/C18H17ClN4O3/c1-23-15(24)13(14(20)22-17(23)26)21-16(25)18(19)9-7-12(8-10-18)11-5-3-2-4-6-11/h2-9H,10,20H2,1H3,(H,21,25)(H,22,26)/t18-/m0/s1. The van der Waals surface area contributed by atoms with Gasteiger partial charge in [0.1, 0.15) is 16.4 Å². The van der Waals surface area contributed by atoms with Crippen LogP contribution in [0.5, 0.6) is 0 Å². The molecule has 1 aromatic carbocycles. The summed E-state index contributed by atoms with van der Waals surface area (Å²) in [5, 5.41) is 2.43. The van der Waals surface area contributed by atoms with Crippen LogP contribution in [0.15, 0.2) is 58.1 Å². The Hall–Kier alpha value is -3.06. The van der Waals surface area contributed by atoms with E-state index in [1.54, 1.807) is 12.2 Å². The first kappa shape index (κ1) is 17.8. The molecule has 7 nitrogen and oxygen atoms in total. The van der Waals surface area contributed by atoms with Gasteiger partial charge in [0, 0.05) is 7.05 Å². The molecule has 134 valence electrons. The minimum Gasteiger partial charge on any atom is -0.383 e. The van der Waals surface area contributed by atoms with Gasteiger partial charge in [-0.2, -0.15) is 0 Å². The van der Waals surface area contributed by atoms with E-state index in [1.165, 1.54) is 7.05 Å². The molecule has 0 spiro atoms. The second kappa shape index (κ2) is 6.68. The molecule has 1 atom stereocenters. The second-order valence-electron chi connectivity index (χ2n) is 5.96. The SMILES string of the molecule is Cn1c(=O)[nH]c(N)c(NC(=O)[C@]2(Cl)C=CC(c3ccccc3)=CC2)c1=O. The highest BCUT2D eigenvalue weighted by molar-refractivity contribution is 6.38. The normalized spacial score (nSPS) is 19.1. The van der Waals surface area contributed by atoms with Gasteiger partial charge >= 0.3 is 5.69 Å². The van der Waals surface area contributed by atoms with Gasteiger partial charge in [-0.25, -0.2) is 4.79 Å². The Balaban J connectivity index is 1.83. The molecule has 1 amide bonds. The Labute approximate surface area is 153 Å². The smallest absolute Gasteiger partial charge is 0.329 e. The molecule has 0 aliphatic heterocycles. The van der Waals surface area contributed by atoms with Crippen molar-refractivity contribution in [1.29, 1.82) is 0 Å². The molecule has 8 heteroatoms. The molecule has 3 rings (SSSR count). The molecule has 0 saturated heterocycles. The summed E-state index contributed by atoms with van der Waals surface area (Å²) in [6.45, 7) is 0. The lowest BCUT2D eigenvalue weighted by Gasteiger charge is -2.24. The number of H-pyrrole nitrogens is 1. The number of nitrogen functional groups attached to an aromatic ring is 1. The number of nitrogens with two attached hydrogens (primary N) is 1. The number of aromatic amines is 1. The molecule has 1 aliphatic carbocycles. The maximum atomic E-state index is 12.6. The lowest BCUT2D eigenvalue weighted by atomic mass is 9.91. The molecular formula is C18H17ClN4O3. The van der Waals surface area contributed by atoms with Crippen molar-refractivity contribution in [3.63, 3.8) is 0 Å². The summed E-state index contributed by atoms with van der Waals surface area (Å²) in [6, 6.07) is 9.69. The van der Waals surface area contributed by atoms with Crippen LogP contribution in [-0.4, -0.2) is 20.3 Å². The number of benzene rings is 1. The summed E-state index contributed by atoms with van der Waals surface area (Å²) in [7, 11) is 1.28. The molecule has 0 bridgehead atoms. The Bertz CT molecular complexity index is 1040. The maximum Gasteiger partial charge on any atom is 0.329 e. The average molecular weight is 373 g/mol. The third-order valence-corrected chi connectivity index (χ3v) is 4.66. The number of halogens is 1. The number of carbonyl (C=O) groups is 1. The van der Waals surface area contributed by atoms with Crippen LogP contribution in [0.25, 0.3) is 5.57 Å². The summed E-state index contributed by atoms with van der Waals surface area (Å²) >= 11 is 6.44. The quantitative estimate of drug-likeness (QED) is 0.711. The van der Waals surface area contributed by atoms with Gasteiger partial charge in [0.05, 0.1) is 0 Å². The zero-order chi connectivity index (χ0) is 18.9. The van der Waals surface area contributed by atoms with Crippen LogP contribution < -0.4 is 22.3 Å². The summed E-state index contributed by atoms with van der Waals surface area (Å²) in [5.41, 5.74) is 6.04. The topological polar surface area (TPSA) is 110 Å². The van der Waals surface area contributed by atoms with Crippen molar-refractivity contribution in [3.8, 4) is 0 Å². The van der Waals surface area contributed by atoms with E-state index in [1.807, 2.05) is 36.4 Å². The van der Waals surface area contributed by atoms with Crippen molar-refractivity contribution in [2.45, 2.75) is 11.3 Å². The number of hydrogen-bond donors (Lipinski definition) is 3. The van der Waals surface area contributed by atoms with Gasteiger partial charge in [0.25, 0.3) is 5.56 Å². The third-order valence-electron chi connectivity index (χ3n) is 4.20. The molecule has 1 aliphatic rings. The number of hydrogen-bond acceptors (Lipinski definition) is 4. The Morgan fingerprint density at radius 3 is 2.62 bits per heavy atom. The summed E-state index contributed by atoms with van der Waals surface area (Å²) in [5.74, 6) is -0.818. The van der Waals surface area contributed by atoms with Crippen LogP contribution in [0.2, 0.25) is 0 Å². The number of allylic oxidation sites excluding steroid dienone is 3. The fourth-order valence-corrected chi connectivity index (χ4v) is 2.79. The van der Waals surface area contributed by atoms with Crippen molar-refractivity contribution >= 4 is 34.6 Å². The summed E-state index contributed by atoms with van der Waals surface area (Å²) < 4.78 is 0.816. The number of carbonyl (C=O) groups excluding carboxylic acids is 1. The Kier molecular flexibility index (Phi) is 4.56. The van der Waals surface area contributed by atoms with Gasteiger partial charge in [-0.15, -0.1) is 11.6 Å². The van der Waals surface area contributed by atoms with Crippen LogP contribution in [0.3, 0.4) is 0 Å². The van der Waals surface area contributed by atoms with Crippen LogP contribution in [0.4, 0.5) is 11.5 Å². The van der Waals surface area contributed by atoms with Crippen molar-refractivity contribution in [2.75, 3.05) is 11.1 Å². The minimum atomic E-state index is -1.36. The highest BCUT2D eigenvalue weighted by atomic mass is 35.5. The number of nitrogens with zero attached hydrogens (tertiary/aromatic N) is 1. The van der Waals surface area contributed by atoms with Crippen LogP contribution in [0.1, 0.15) is 12.0 Å². The van der Waals surface area contributed by atoms with Gasteiger partial charge < -0.3 is 11.1 Å². The Morgan fingerprint density at radius 1 is 1.31 bits per heavy atom. The zero-order valence-electron chi connectivity index (χ0n) is 14.0. The van der Waals surface area contributed by atoms with E-state index in [-0.39, 0.29) is 17.9 Å². The van der Waals surface area contributed by atoms with Crippen molar-refractivity contribution in [3.05, 3.63) is 75.0 Å². The number of aromatic nitrogens is 2. The fourth-order valence-electron chi connectivity index (χ4n) is 2.60. The number of alkyl halides is 1. The fraction of sp³-hybridized carbons (Fsp3) is 0.167.